The van der Waals surface area contributed by atoms with Crippen LogP contribution in [-0.4, -0.2) is 6.04 Å². The summed E-state index contributed by atoms with van der Waals surface area (Å²) in [6.45, 7) is 4.59. The Hall–Kier alpha value is -0.0400. The summed E-state index contributed by atoms with van der Waals surface area (Å²) < 4.78 is 0. The van der Waals surface area contributed by atoms with Crippen LogP contribution in [0.2, 0.25) is 0 Å². The van der Waals surface area contributed by atoms with E-state index >= 15 is 0 Å². The van der Waals surface area contributed by atoms with Crippen molar-refractivity contribution >= 4 is 0 Å². The van der Waals surface area contributed by atoms with E-state index in [0.29, 0.717) is 6.04 Å². The van der Waals surface area contributed by atoms with Crippen LogP contribution < -0.4 is 5.73 Å². The summed E-state index contributed by atoms with van der Waals surface area (Å²) >= 11 is 0. The Balaban J connectivity index is 2.30. The monoisotopic (exact) mass is 127 g/mol. The first-order valence-corrected chi connectivity index (χ1v) is 3.95. The molecule has 1 fully saturated rings. The summed E-state index contributed by atoms with van der Waals surface area (Å²) in [5, 5.41) is 0. The Labute approximate surface area is 57.6 Å². The molecule has 54 valence electrons. The zero-order valence-corrected chi connectivity index (χ0v) is 6.43. The summed E-state index contributed by atoms with van der Waals surface area (Å²) in [5.74, 6) is 1.76. The molecule has 0 saturated heterocycles. The zero-order valence-electron chi connectivity index (χ0n) is 6.43. The van der Waals surface area contributed by atoms with Crippen molar-refractivity contribution in [1.29, 1.82) is 0 Å². The fourth-order valence-corrected chi connectivity index (χ4v) is 1.66. The Kier molecular flexibility index (Phi) is 2.12. The molecule has 0 aromatic carbocycles. The Morgan fingerprint density at radius 2 is 2.00 bits per heavy atom. The third-order valence-corrected chi connectivity index (χ3v) is 2.46. The van der Waals surface area contributed by atoms with Crippen LogP contribution in [0.15, 0.2) is 0 Å². The molecule has 0 spiro atoms. The molecule has 1 aliphatic rings. The minimum Gasteiger partial charge on any atom is -0.328 e. The van der Waals surface area contributed by atoms with Crippen LogP contribution in [-0.2, 0) is 0 Å². The molecule has 0 aromatic heterocycles. The molecule has 2 N–H and O–H groups in total. The molecule has 0 radical (unpaired) electrons. The highest BCUT2D eigenvalue weighted by molar-refractivity contribution is 4.79. The molecular weight excluding hydrogens is 110 g/mol. The molecular formula is C8H17N. The molecule has 1 saturated carbocycles. The van der Waals surface area contributed by atoms with E-state index in [9.17, 15) is 0 Å². The number of hydrogen-bond donors (Lipinski definition) is 1. The van der Waals surface area contributed by atoms with Crippen LogP contribution in [0, 0.1) is 11.8 Å². The summed E-state index contributed by atoms with van der Waals surface area (Å²) in [7, 11) is 0. The first-order valence-electron chi connectivity index (χ1n) is 3.95. The van der Waals surface area contributed by atoms with E-state index in [1.807, 2.05) is 0 Å². The van der Waals surface area contributed by atoms with Crippen molar-refractivity contribution in [3.63, 3.8) is 0 Å². The van der Waals surface area contributed by atoms with Gasteiger partial charge in [-0.05, 0) is 31.1 Å². The second kappa shape index (κ2) is 2.70. The van der Waals surface area contributed by atoms with Gasteiger partial charge in [0.05, 0.1) is 0 Å². The average Bonchev–Trinajstić information content (AvgIpc) is 2.14. The molecule has 0 unspecified atom stereocenters. The average molecular weight is 127 g/mol. The molecule has 1 nitrogen and oxygen atoms in total. The lowest BCUT2D eigenvalue weighted by Gasteiger charge is -2.12. The Bertz CT molecular complexity index is 88.6. The Morgan fingerprint density at radius 1 is 1.33 bits per heavy atom. The highest BCUT2D eigenvalue weighted by Crippen LogP contribution is 2.29. The van der Waals surface area contributed by atoms with Crippen molar-refractivity contribution in [2.45, 2.75) is 39.2 Å². The van der Waals surface area contributed by atoms with Gasteiger partial charge in [-0.15, -0.1) is 0 Å². The van der Waals surface area contributed by atoms with Gasteiger partial charge in [0.2, 0.25) is 0 Å². The number of hydrogen-bond acceptors (Lipinski definition) is 1. The van der Waals surface area contributed by atoms with Crippen LogP contribution in [0.4, 0.5) is 0 Å². The highest BCUT2D eigenvalue weighted by Gasteiger charge is 2.23. The van der Waals surface area contributed by atoms with Gasteiger partial charge in [-0.3, -0.25) is 0 Å². The van der Waals surface area contributed by atoms with Crippen molar-refractivity contribution in [2.24, 2.45) is 17.6 Å². The second-order valence-electron chi connectivity index (χ2n) is 3.58. The molecule has 1 rings (SSSR count). The smallest absolute Gasteiger partial charge is 0.00416 e. The molecule has 0 heterocycles. The minimum atomic E-state index is 0.511. The third-order valence-electron chi connectivity index (χ3n) is 2.46. The topological polar surface area (TPSA) is 26.0 Å². The van der Waals surface area contributed by atoms with Crippen molar-refractivity contribution < 1.29 is 0 Å². The summed E-state index contributed by atoms with van der Waals surface area (Å²) in [6.07, 6.45) is 3.87. The third kappa shape index (κ3) is 1.68. The van der Waals surface area contributed by atoms with E-state index in [1.54, 1.807) is 0 Å². The summed E-state index contributed by atoms with van der Waals surface area (Å²) in [4.78, 5) is 0. The molecule has 9 heavy (non-hydrogen) atoms. The van der Waals surface area contributed by atoms with Gasteiger partial charge >= 0.3 is 0 Å². The van der Waals surface area contributed by atoms with Gasteiger partial charge in [-0.2, -0.15) is 0 Å². The maximum Gasteiger partial charge on any atom is 0.00416 e. The fraction of sp³-hybridized carbons (Fsp3) is 1.00. The van der Waals surface area contributed by atoms with Crippen LogP contribution in [0.1, 0.15) is 33.1 Å². The van der Waals surface area contributed by atoms with Crippen LogP contribution in [0.25, 0.3) is 0 Å². The van der Waals surface area contributed by atoms with Crippen LogP contribution >= 0.6 is 0 Å². The van der Waals surface area contributed by atoms with E-state index in [2.05, 4.69) is 13.8 Å². The molecule has 0 bridgehead atoms. The molecule has 1 heteroatoms. The maximum atomic E-state index is 5.76. The molecule has 1 aliphatic carbocycles. The van der Waals surface area contributed by atoms with Gasteiger partial charge in [-0.25, -0.2) is 0 Å². The van der Waals surface area contributed by atoms with Crippen molar-refractivity contribution in [3.05, 3.63) is 0 Å². The first kappa shape index (κ1) is 7.07. The Morgan fingerprint density at radius 3 is 2.22 bits per heavy atom. The number of nitrogens with two attached hydrogens (primary N) is 1. The van der Waals surface area contributed by atoms with E-state index in [4.69, 9.17) is 5.73 Å². The standard InChI is InChI=1S/C8H17N/c1-6(2)7-3-4-8(9)5-7/h6-8H,3-5,9H2,1-2H3/t7-,8+/m1/s1. The van der Waals surface area contributed by atoms with Gasteiger partial charge in [-0.1, -0.05) is 13.8 Å². The predicted molar refractivity (Wildman–Crippen MR) is 40.2 cm³/mol. The summed E-state index contributed by atoms with van der Waals surface area (Å²) in [5.41, 5.74) is 5.76. The van der Waals surface area contributed by atoms with E-state index < -0.39 is 0 Å². The normalized spacial score (nSPS) is 36.0. The quantitative estimate of drug-likeness (QED) is 0.570. The first-order chi connectivity index (χ1) is 4.20. The fourth-order valence-electron chi connectivity index (χ4n) is 1.66. The van der Waals surface area contributed by atoms with Crippen molar-refractivity contribution in [2.75, 3.05) is 0 Å². The van der Waals surface area contributed by atoms with E-state index in [-0.39, 0.29) is 0 Å². The SMILES string of the molecule is CC(C)[C@@H]1CC[C@H](N)C1. The summed E-state index contributed by atoms with van der Waals surface area (Å²) in [6, 6.07) is 0.511. The lowest BCUT2D eigenvalue weighted by molar-refractivity contribution is 0.391. The lowest BCUT2D eigenvalue weighted by atomic mass is 9.94. The molecule has 2 atom stereocenters. The van der Waals surface area contributed by atoms with Crippen LogP contribution in [0.5, 0.6) is 0 Å². The minimum absolute atomic E-state index is 0.511. The van der Waals surface area contributed by atoms with Gasteiger partial charge in [0, 0.05) is 6.04 Å². The molecule has 0 amide bonds. The molecule has 0 aromatic rings. The van der Waals surface area contributed by atoms with Crippen molar-refractivity contribution in [1.82, 2.24) is 0 Å². The second-order valence-corrected chi connectivity index (χ2v) is 3.58. The maximum absolute atomic E-state index is 5.76. The van der Waals surface area contributed by atoms with Gasteiger partial charge in [0.25, 0.3) is 0 Å². The van der Waals surface area contributed by atoms with Crippen LogP contribution in [0.3, 0.4) is 0 Å². The lowest BCUT2D eigenvalue weighted by Crippen LogP contribution is -2.15. The zero-order chi connectivity index (χ0) is 6.85. The van der Waals surface area contributed by atoms with Gasteiger partial charge in [0.15, 0.2) is 0 Å². The van der Waals surface area contributed by atoms with Gasteiger partial charge < -0.3 is 5.73 Å². The van der Waals surface area contributed by atoms with E-state index in [0.717, 1.165) is 11.8 Å². The molecule has 0 aliphatic heterocycles. The number of rotatable bonds is 1. The van der Waals surface area contributed by atoms with E-state index in [1.165, 1.54) is 19.3 Å². The predicted octanol–water partition coefficient (Wildman–Crippen LogP) is 1.77. The van der Waals surface area contributed by atoms with Gasteiger partial charge in [0.1, 0.15) is 0 Å². The largest absolute Gasteiger partial charge is 0.328 e. The highest BCUT2D eigenvalue weighted by atomic mass is 14.6. The van der Waals surface area contributed by atoms with Crippen molar-refractivity contribution in [3.8, 4) is 0 Å².